The van der Waals surface area contributed by atoms with Gasteiger partial charge in [-0.2, -0.15) is 0 Å². The molecule has 2 N–H and O–H groups in total. The van der Waals surface area contributed by atoms with Crippen LogP contribution in [0.15, 0.2) is 35.5 Å². The van der Waals surface area contributed by atoms with E-state index in [1.165, 1.54) is 0 Å². The van der Waals surface area contributed by atoms with Gasteiger partial charge in [-0.15, -0.1) is 0 Å². The summed E-state index contributed by atoms with van der Waals surface area (Å²) in [4.78, 5) is 11.4. The maximum absolute atomic E-state index is 11.4. The predicted molar refractivity (Wildman–Crippen MR) is 82.9 cm³/mol. The molecule has 116 valence electrons. The van der Waals surface area contributed by atoms with E-state index in [1.54, 1.807) is 0 Å². The Labute approximate surface area is 126 Å². The molecule has 0 atom stereocenters. The fourth-order valence-corrected chi connectivity index (χ4v) is 1.80. The van der Waals surface area contributed by atoms with Gasteiger partial charge in [-0.25, -0.2) is 4.79 Å². The number of rotatable bonds is 6. The first kappa shape index (κ1) is 17.0. The van der Waals surface area contributed by atoms with Crippen LogP contribution in [0.2, 0.25) is 0 Å². The van der Waals surface area contributed by atoms with Gasteiger partial charge in [0.25, 0.3) is 0 Å². The van der Waals surface area contributed by atoms with Crippen molar-refractivity contribution in [2.75, 3.05) is 6.54 Å². The molecule has 5 heteroatoms. The van der Waals surface area contributed by atoms with Crippen LogP contribution in [0.3, 0.4) is 0 Å². The second-order valence-corrected chi connectivity index (χ2v) is 5.80. The summed E-state index contributed by atoms with van der Waals surface area (Å²) in [7, 11) is 0. The number of amides is 1. The Morgan fingerprint density at radius 1 is 1.24 bits per heavy atom. The number of oxime groups is 1. The number of carbonyl (C=O) groups is 1. The highest BCUT2D eigenvalue weighted by atomic mass is 16.6. The number of unbranched alkanes of at least 4 members (excludes halogenated alkanes) is 1. The molecular formula is C16H24N2O3. The molecule has 0 fully saturated rings. The van der Waals surface area contributed by atoms with Gasteiger partial charge < -0.3 is 15.3 Å². The number of hydrogen-bond donors (Lipinski definition) is 2. The van der Waals surface area contributed by atoms with E-state index in [-0.39, 0.29) is 0 Å². The molecule has 0 spiro atoms. The van der Waals surface area contributed by atoms with Gasteiger partial charge in [0.05, 0.1) is 5.71 Å². The molecule has 0 heterocycles. The first-order valence-corrected chi connectivity index (χ1v) is 7.15. The molecule has 0 aliphatic carbocycles. The standard InChI is InChI=1S/C16H24N2O3/c1-16(2,3)21-15(19)17-12-8-7-11-14(18-20)13-9-5-4-6-10-13/h4-6,9-10,20H,7-8,11-12H2,1-3H3,(H,17,19). The molecule has 5 nitrogen and oxygen atoms in total. The van der Waals surface area contributed by atoms with Gasteiger partial charge in [0.15, 0.2) is 0 Å². The Hall–Kier alpha value is -2.04. The lowest BCUT2D eigenvalue weighted by atomic mass is 10.0. The van der Waals surface area contributed by atoms with Gasteiger partial charge in [-0.05, 0) is 45.6 Å². The van der Waals surface area contributed by atoms with E-state index < -0.39 is 11.7 Å². The molecule has 0 bridgehead atoms. The number of carbonyl (C=O) groups excluding carboxylic acids is 1. The maximum Gasteiger partial charge on any atom is 0.407 e. The fourth-order valence-electron chi connectivity index (χ4n) is 1.80. The highest BCUT2D eigenvalue weighted by molar-refractivity contribution is 6.00. The van der Waals surface area contributed by atoms with Crippen molar-refractivity contribution >= 4 is 11.8 Å². The van der Waals surface area contributed by atoms with Crippen molar-refractivity contribution in [2.45, 2.75) is 45.6 Å². The molecule has 1 aromatic rings. The number of nitrogens with one attached hydrogen (secondary N) is 1. The molecule has 1 amide bonds. The summed E-state index contributed by atoms with van der Waals surface area (Å²) in [5.41, 5.74) is 1.10. The van der Waals surface area contributed by atoms with E-state index in [4.69, 9.17) is 9.94 Å². The van der Waals surface area contributed by atoms with Gasteiger partial charge in [0.1, 0.15) is 5.60 Å². The van der Waals surface area contributed by atoms with Crippen LogP contribution in [0.1, 0.15) is 45.6 Å². The van der Waals surface area contributed by atoms with E-state index in [0.29, 0.717) is 18.7 Å². The Morgan fingerprint density at radius 2 is 1.90 bits per heavy atom. The van der Waals surface area contributed by atoms with Gasteiger partial charge in [-0.3, -0.25) is 0 Å². The highest BCUT2D eigenvalue weighted by Gasteiger charge is 2.15. The molecule has 0 aliphatic rings. The third-order valence-corrected chi connectivity index (χ3v) is 2.74. The molecule has 1 rings (SSSR count). The molecule has 0 saturated heterocycles. The number of hydrogen-bond acceptors (Lipinski definition) is 4. The van der Waals surface area contributed by atoms with Crippen molar-refractivity contribution in [1.29, 1.82) is 0 Å². The van der Waals surface area contributed by atoms with Gasteiger partial charge in [0.2, 0.25) is 0 Å². The summed E-state index contributed by atoms with van der Waals surface area (Å²) >= 11 is 0. The molecule has 1 aromatic carbocycles. The first-order chi connectivity index (χ1) is 9.92. The summed E-state index contributed by atoms with van der Waals surface area (Å²) in [5.74, 6) is 0. The predicted octanol–water partition coefficient (Wildman–Crippen LogP) is 3.56. The van der Waals surface area contributed by atoms with E-state index in [9.17, 15) is 4.79 Å². The zero-order valence-corrected chi connectivity index (χ0v) is 12.9. The van der Waals surface area contributed by atoms with Crippen LogP contribution in [0, 0.1) is 0 Å². The second kappa shape index (κ2) is 8.29. The lowest BCUT2D eigenvalue weighted by Gasteiger charge is -2.19. The quantitative estimate of drug-likeness (QED) is 0.364. The summed E-state index contributed by atoms with van der Waals surface area (Å²) in [6.07, 6.45) is 1.88. The van der Waals surface area contributed by atoms with Crippen LogP contribution in [0.4, 0.5) is 4.79 Å². The molecule has 0 aromatic heterocycles. The van der Waals surface area contributed by atoms with Gasteiger partial charge >= 0.3 is 6.09 Å². The fraction of sp³-hybridized carbons (Fsp3) is 0.500. The van der Waals surface area contributed by atoms with Crippen LogP contribution in [-0.4, -0.2) is 29.2 Å². The van der Waals surface area contributed by atoms with Crippen LogP contribution < -0.4 is 5.32 Å². The van der Waals surface area contributed by atoms with Crippen molar-refractivity contribution in [3.63, 3.8) is 0 Å². The van der Waals surface area contributed by atoms with Crippen molar-refractivity contribution in [3.05, 3.63) is 35.9 Å². The van der Waals surface area contributed by atoms with Gasteiger partial charge in [-0.1, -0.05) is 35.5 Å². The minimum absolute atomic E-state index is 0.401. The molecule has 0 aliphatic heterocycles. The molecule has 0 saturated carbocycles. The zero-order valence-electron chi connectivity index (χ0n) is 12.9. The largest absolute Gasteiger partial charge is 0.444 e. The van der Waals surface area contributed by atoms with Crippen molar-refractivity contribution in [2.24, 2.45) is 5.16 Å². The van der Waals surface area contributed by atoms with Crippen LogP contribution >= 0.6 is 0 Å². The van der Waals surface area contributed by atoms with Gasteiger partial charge in [0, 0.05) is 6.54 Å². The lowest BCUT2D eigenvalue weighted by molar-refractivity contribution is 0.0527. The summed E-state index contributed by atoms with van der Waals surface area (Å²) in [6, 6.07) is 9.56. The number of nitrogens with zero attached hydrogens (tertiary/aromatic N) is 1. The Kier molecular flexibility index (Phi) is 6.72. The third kappa shape index (κ3) is 7.34. The summed E-state index contributed by atoms with van der Waals surface area (Å²) in [5, 5.41) is 15.1. The highest BCUT2D eigenvalue weighted by Crippen LogP contribution is 2.08. The van der Waals surface area contributed by atoms with E-state index in [0.717, 1.165) is 18.4 Å². The van der Waals surface area contributed by atoms with Crippen LogP contribution in [0.5, 0.6) is 0 Å². The molecule has 0 radical (unpaired) electrons. The Morgan fingerprint density at radius 3 is 2.48 bits per heavy atom. The third-order valence-electron chi connectivity index (χ3n) is 2.74. The second-order valence-electron chi connectivity index (χ2n) is 5.80. The lowest BCUT2D eigenvalue weighted by Crippen LogP contribution is -2.33. The topological polar surface area (TPSA) is 70.9 Å². The van der Waals surface area contributed by atoms with Crippen LogP contribution in [-0.2, 0) is 4.74 Å². The van der Waals surface area contributed by atoms with E-state index >= 15 is 0 Å². The Balaban J connectivity index is 2.24. The van der Waals surface area contributed by atoms with Crippen LogP contribution in [0.25, 0.3) is 0 Å². The van der Waals surface area contributed by atoms with Crippen molar-refractivity contribution in [1.82, 2.24) is 5.32 Å². The average molecular weight is 292 g/mol. The summed E-state index contributed by atoms with van der Waals surface area (Å²) < 4.78 is 5.14. The normalized spacial score (nSPS) is 12.0. The zero-order chi connectivity index (χ0) is 15.7. The molecular weight excluding hydrogens is 268 g/mol. The average Bonchev–Trinajstić information content (AvgIpc) is 2.42. The minimum atomic E-state index is -0.478. The van der Waals surface area contributed by atoms with E-state index in [1.807, 2.05) is 51.1 Å². The van der Waals surface area contributed by atoms with Crippen molar-refractivity contribution in [3.8, 4) is 0 Å². The Bertz CT molecular complexity index is 464. The van der Waals surface area contributed by atoms with Crippen molar-refractivity contribution < 1.29 is 14.7 Å². The summed E-state index contributed by atoms with van der Waals surface area (Å²) in [6.45, 7) is 6.03. The smallest absolute Gasteiger partial charge is 0.407 e. The monoisotopic (exact) mass is 292 g/mol. The van der Waals surface area contributed by atoms with E-state index in [2.05, 4.69) is 10.5 Å². The SMILES string of the molecule is CC(C)(C)OC(=O)NCCCCC(=NO)c1ccccc1. The number of alkyl carbamates (subject to hydrolysis) is 1. The maximum atomic E-state index is 11.4. The molecule has 0 unspecified atom stereocenters. The minimum Gasteiger partial charge on any atom is -0.444 e. The number of ether oxygens (including phenoxy) is 1. The number of benzene rings is 1. The molecule has 21 heavy (non-hydrogen) atoms. The first-order valence-electron chi connectivity index (χ1n) is 7.15.